The maximum Gasteiger partial charge on any atom is 0.322 e. The van der Waals surface area contributed by atoms with Gasteiger partial charge in [-0.05, 0) is 76.6 Å². The number of rotatable bonds is 3. The van der Waals surface area contributed by atoms with Gasteiger partial charge in [0.2, 0.25) is 0 Å². The highest BCUT2D eigenvalue weighted by atomic mass is 16.3. The number of amides is 3. The third-order valence-corrected chi connectivity index (χ3v) is 6.85. The van der Waals surface area contributed by atoms with Gasteiger partial charge in [0.15, 0.2) is 0 Å². The van der Waals surface area contributed by atoms with Crippen LogP contribution in [0, 0.1) is 6.92 Å². The molecule has 5 nitrogen and oxygen atoms in total. The summed E-state index contributed by atoms with van der Waals surface area (Å²) in [5.74, 6) is -0.0989. The molecule has 0 bridgehead atoms. The summed E-state index contributed by atoms with van der Waals surface area (Å²) >= 11 is 0. The topological polar surface area (TPSA) is 78.4 Å². The number of nitrogens with one attached hydrogen (secondary N) is 2. The van der Waals surface area contributed by atoms with Gasteiger partial charge in [0.05, 0.1) is 0 Å². The van der Waals surface area contributed by atoms with Gasteiger partial charge in [-0.2, -0.15) is 0 Å². The predicted octanol–water partition coefficient (Wildman–Crippen LogP) is 4.47. The maximum atomic E-state index is 11.9. The number of hydrogen-bond donors (Lipinski definition) is 3. The lowest BCUT2D eigenvalue weighted by Crippen LogP contribution is -2.34. The second-order valence-corrected chi connectivity index (χ2v) is 10.1. The lowest BCUT2D eigenvalue weighted by molar-refractivity contribution is -0.120. The first-order chi connectivity index (χ1) is 14.0. The molecule has 0 spiro atoms. The van der Waals surface area contributed by atoms with Crippen molar-refractivity contribution in [3.05, 3.63) is 52.6 Å². The highest BCUT2D eigenvalue weighted by Crippen LogP contribution is 2.48. The van der Waals surface area contributed by atoms with Gasteiger partial charge in [-0.3, -0.25) is 10.1 Å². The molecule has 4 rings (SSSR count). The number of phenolic OH excluding ortho intramolecular Hbond substituents is 1. The van der Waals surface area contributed by atoms with Crippen molar-refractivity contribution in [2.45, 2.75) is 70.8 Å². The van der Waals surface area contributed by atoms with Crippen LogP contribution in [0.25, 0.3) is 11.1 Å². The Morgan fingerprint density at radius 3 is 2.20 bits per heavy atom. The zero-order valence-electron chi connectivity index (χ0n) is 18.3. The van der Waals surface area contributed by atoms with E-state index in [-0.39, 0.29) is 22.5 Å². The minimum Gasteiger partial charge on any atom is -0.507 e. The Hall–Kier alpha value is -2.82. The maximum absolute atomic E-state index is 11.9. The molecular formula is C25H30N2O3. The first-order valence-electron chi connectivity index (χ1n) is 10.6. The monoisotopic (exact) mass is 406 g/mol. The molecule has 0 saturated carbocycles. The molecule has 1 aliphatic carbocycles. The lowest BCUT2D eigenvalue weighted by Gasteiger charge is -2.42. The van der Waals surface area contributed by atoms with Crippen molar-refractivity contribution in [3.8, 4) is 16.9 Å². The molecular weight excluding hydrogens is 376 g/mol. The molecule has 1 unspecified atom stereocenters. The predicted molar refractivity (Wildman–Crippen MR) is 118 cm³/mol. The number of fused-ring (bicyclic) bond motifs is 1. The normalized spacial score (nSPS) is 21.7. The Morgan fingerprint density at radius 1 is 0.967 bits per heavy atom. The molecule has 3 amide bonds. The fourth-order valence-electron chi connectivity index (χ4n) is 4.78. The van der Waals surface area contributed by atoms with Crippen LogP contribution in [0.5, 0.6) is 5.75 Å². The van der Waals surface area contributed by atoms with Gasteiger partial charge in [0.25, 0.3) is 5.91 Å². The van der Waals surface area contributed by atoms with Crippen LogP contribution in [0.1, 0.15) is 62.8 Å². The minimum atomic E-state index is -0.584. The van der Waals surface area contributed by atoms with Crippen molar-refractivity contribution in [2.24, 2.45) is 0 Å². The fraction of sp³-hybridized carbons (Fsp3) is 0.440. The number of aromatic hydroxyl groups is 1. The fourth-order valence-corrected chi connectivity index (χ4v) is 4.78. The van der Waals surface area contributed by atoms with E-state index in [0.29, 0.717) is 6.42 Å². The summed E-state index contributed by atoms with van der Waals surface area (Å²) in [7, 11) is 0. The van der Waals surface area contributed by atoms with E-state index in [1.165, 1.54) is 11.1 Å². The molecule has 1 heterocycles. The van der Waals surface area contributed by atoms with Crippen molar-refractivity contribution in [3.63, 3.8) is 0 Å². The van der Waals surface area contributed by atoms with Crippen molar-refractivity contribution < 1.29 is 14.7 Å². The smallest absolute Gasteiger partial charge is 0.322 e. The number of carbonyl (C=O) groups is 2. The van der Waals surface area contributed by atoms with Crippen molar-refractivity contribution in [2.75, 3.05) is 0 Å². The highest BCUT2D eigenvalue weighted by Gasteiger charge is 2.37. The molecule has 1 aliphatic heterocycles. The van der Waals surface area contributed by atoms with E-state index < -0.39 is 12.1 Å². The van der Waals surface area contributed by atoms with E-state index in [4.69, 9.17) is 0 Å². The number of imide groups is 1. The Balaban J connectivity index is 1.77. The van der Waals surface area contributed by atoms with Gasteiger partial charge in [-0.1, -0.05) is 39.8 Å². The van der Waals surface area contributed by atoms with Gasteiger partial charge >= 0.3 is 6.03 Å². The molecule has 3 N–H and O–H groups in total. The summed E-state index contributed by atoms with van der Waals surface area (Å²) in [6.45, 7) is 11.3. The van der Waals surface area contributed by atoms with E-state index in [1.807, 2.05) is 6.07 Å². The Kier molecular flexibility index (Phi) is 4.68. The molecule has 0 radical (unpaired) electrons. The first-order valence-corrected chi connectivity index (χ1v) is 10.6. The zero-order chi connectivity index (χ0) is 21.8. The second-order valence-electron chi connectivity index (χ2n) is 10.1. The summed E-state index contributed by atoms with van der Waals surface area (Å²) in [5.41, 5.74) is 6.72. The molecule has 1 fully saturated rings. The van der Waals surface area contributed by atoms with E-state index in [2.05, 4.69) is 57.4 Å². The molecule has 5 heteroatoms. The van der Waals surface area contributed by atoms with Crippen molar-refractivity contribution in [1.29, 1.82) is 0 Å². The van der Waals surface area contributed by atoms with Crippen LogP contribution in [0.2, 0.25) is 0 Å². The molecule has 0 aromatic heterocycles. The van der Waals surface area contributed by atoms with Crippen LogP contribution in [-0.2, 0) is 22.0 Å². The van der Waals surface area contributed by atoms with Crippen LogP contribution in [0.15, 0.2) is 30.3 Å². The van der Waals surface area contributed by atoms with Gasteiger partial charge < -0.3 is 10.4 Å². The van der Waals surface area contributed by atoms with Gasteiger partial charge in [-0.15, -0.1) is 0 Å². The number of aryl methyl sites for hydroxylation is 1. The van der Waals surface area contributed by atoms with Crippen LogP contribution in [0.3, 0.4) is 0 Å². The Bertz CT molecular complexity index is 1050. The molecule has 30 heavy (non-hydrogen) atoms. The summed E-state index contributed by atoms with van der Waals surface area (Å²) in [6.07, 6.45) is 2.66. The van der Waals surface area contributed by atoms with Gasteiger partial charge in [0, 0.05) is 12.0 Å². The zero-order valence-corrected chi connectivity index (χ0v) is 18.3. The number of carbonyl (C=O) groups excluding carboxylic acids is 2. The third kappa shape index (κ3) is 3.47. The van der Waals surface area contributed by atoms with E-state index in [0.717, 1.165) is 35.1 Å². The Labute approximate surface area is 177 Å². The minimum absolute atomic E-state index is 0.0761. The molecule has 1 atom stereocenters. The van der Waals surface area contributed by atoms with Crippen molar-refractivity contribution in [1.82, 2.24) is 10.6 Å². The summed E-state index contributed by atoms with van der Waals surface area (Å²) in [6, 6.07) is 8.89. The molecule has 2 aromatic carbocycles. The van der Waals surface area contributed by atoms with E-state index in [9.17, 15) is 14.7 Å². The highest BCUT2D eigenvalue weighted by molar-refractivity contribution is 6.04. The average molecular weight is 407 g/mol. The van der Waals surface area contributed by atoms with Crippen LogP contribution >= 0.6 is 0 Å². The number of urea groups is 1. The van der Waals surface area contributed by atoms with Crippen LogP contribution in [-0.4, -0.2) is 23.1 Å². The molecule has 2 aromatic rings. The van der Waals surface area contributed by atoms with Gasteiger partial charge in [-0.25, -0.2) is 4.79 Å². The average Bonchev–Trinajstić information content (AvgIpc) is 2.97. The summed E-state index contributed by atoms with van der Waals surface area (Å²) < 4.78 is 0. The molecule has 1 saturated heterocycles. The van der Waals surface area contributed by atoms with Crippen molar-refractivity contribution >= 4 is 11.9 Å². The molecule has 2 aliphatic rings. The van der Waals surface area contributed by atoms with E-state index in [1.54, 1.807) is 12.1 Å². The second kappa shape index (κ2) is 6.86. The van der Waals surface area contributed by atoms with Gasteiger partial charge in [0.1, 0.15) is 11.8 Å². The largest absolute Gasteiger partial charge is 0.507 e. The number of hydrogen-bond acceptors (Lipinski definition) is 3. The van der Waals surface area contributed by atoms with Crippen LogP contribution < -0.4 is 10.6 Å². The Morgan fingerprint density at radius 2 is 1.60 bits per heavy atom. The van der Waals surface area contributed by atoms with E-state index >= 15 is 0 Å². The quantitative estimate of drug-likeness (QED) is 0.658. The summed E-state index contributed by atoms with van der Waals surface area (Å²) in [5, 5.41) is 15.6. The first kappa shape index (κ1) is 20.5. The third-order valence-electron chi connectivity index (χ3n) is 6.85. The number of benzene rings is 2. The SMILES string of the molecule is Cc1cc2c(cc1-c1cc(CC3NC(=O)NC3=O)ccc1O)C(C)(C)CCC2(C)C. The molecule has 158 valence electrons. The standard InChI is InChI=1S/C25H30N2O3/c1-14-10-18-19(25(4,5)9-8-24(18,2)3)13-16(14)17-11-15(6-7-21(17)28)12-20-22(29)27-23(30)26-20/h6-7,10-11,13,20,28H,8-9,12H2,1-5H3,(H2,26,27,29,30). The lowest BCUT2D eigenvalue weighted by atomic mass is 9.62. The number of phenols is 1. The van der Waals surface area contributed by atoms with Crippen LogP contribution in [0.4, 0.5) is 4.79 Å². The summed E-state index contributed by atoms with van der Waals surface area (Å²) in [4.78, 5) is 23.3.